The van der Waals surface area contributed by atoms with E-state index in [-0.39, 0.29) is 17.7 Å². The van der Waals surface area contributed by atoms with E-state index in [1.165, 1.54) is 11.8 Å². The predicted molar refractivity (Wildman–Crippen MR) is 85.1 cm³/mol. The summed E-state index contributed by atoms with van der Waals surface area (Å²) in [4.78, 5) is 12.0. The second-order valence-corrected chi connectivity index (χ2v) is 5.74. The van der Waals surface area contributed by atoms with Gasteiger partial charge in [0.2, 0.25) is 11.1 Å². The van der Waals surface area contributed by atoms with Crippen LogP contribution in [-0.4, -0.2) is 31.9 Å². The van der Waals surface area contributed by atoms with Crippen molar-refractivity contribution in [3.05, 3.63) is 54.5 Å². The van der Waals surface area contributed by atoms with Gasteiger partial charge in [0.05, 0.1) is 23.7 Å². The van der Waals surface area contributed by atoms with Crippen LogP contribution in [0.2, 0.25) is 0 Å². The van der Waals surface area contributed by atoms with Gasteiger partial charge in [-0.2, -0.15) is 4.68 Å². The number of para-hydroxylation sites is 1. The number of carbonyl (C=O) groups is 1. The maximum Gasteiger partial charge on any atom is 0.231 e. The highest BCUT2D eigenvalue weighted by atomic mass is 32.2. The van der Waals surface area contributed by atoms with Crippen molar-refractivity contribution in [3.63, 3.8) is 0 Å². The van der Waals surface area contributed by atoms with Gasteiger partial charge >= 0.3 is 0 Å². The summed E-state index contributed by atoms with van der Waals surface area (Å²) in [5.41, 5.74) is 0.851. The number of benzene rings is 1. The second kappa shape index (κ2) is 7.10. The number of hydrogen-bond acceptors (Lipinski definition) is 6. The highest BCUT2D eigenvalue weighted by Crippen LogP contribution is 2.18. The smallest absolute Gasteiger partial charge is 0.231 e. The van der Waals surface area contributed by atoms with E-state index in [4.69, 9.17) is 4.42 Å². The molecule has 0 fully saturated rings. The molecule has 2 heterocycles. The van der Waals surface area contributed by atoms with Crippen molar-refractivity contribution in [1.82, 2.24) is 25.5 Å². The third kappa shape index (κ3) is 3.78. The van der Waals surface area contributed by atoms with Crippen molar-refractivity contribution in [1.29, 1.82) is 0 Å². The Morgan fingerprint density at radius 3 is 2.87 bits per heavy atom. The summed E-state index contributed by atoms with van der Waals surface area (Å²) in [7, 11) is 0. The van der Waals surface area contributed by atoms with Crippen LogP contribution in [-0.2, 0) is 4.79 Å². The molecule has 118 valence electrons. The van der Waals surface area contributed by atoms with Gasteiger partial charge in [-0.05, 0) is 41.6 Å². The Labute approximate surface area is 137 Å². The number of thioether (sulfide) groups is 1. The monoisotopic (exact) mass is 329 g/mol. The molecule has 0 saturated carbocycles. The molecule has 2 aromatic heterocycles. The number of nitrogens with one attached hydrogen (secondary N) is 1. The summed E-state index contributed by atoms with van der Waals surface area (Å²) < 4.78 is 6.87. The first-order valence-corrected chi connectivity index (χ1v) is 8.02. The molecule has 8 heteroatoms. The number of tetrazole rings is 1. The summed E-state index contributed by atoms with van der Waals surface area (Å²) in [6.07, 6.45) is 1.58. The quantitative estimate of drug-likeness (QED) is 0.698. The Morgan fingerprint density at radius 2 is 2.13 bits per heavy atom. The molecule has 1 atom stereocenters. The second-order valence-electron chi connectivity index (χ2n) is 4.80. The van der Waals surface area contributed by atoms with E-state index in [0.29, 0.717) is 5.16 Å². The zero-order valence-electron chi connectivity index (χ0n) is 12.4. The molecule has 0 aliphatic heterocycles. The first kappa shape index (κ1) is 15.3. The Morgan fingerprint density at radius 1 is 1.30 bits per heavy atom. The van der Waals surface area contributed by atoms with E-state index < -0.39 is 0 Å². The maximum atomic E-state index is 12.0. The van der Waals surface area contributed by atoms with Gasteiger partial charge in [-0.15, -0.1) is 5.10 Å². The zero-order chi connectivity index (χ0) is 16.1. The van der Waals surface area contributed by atoms with Crippen LogP contribution in [0.4, 0.5) is 0 Å². The van der Waals surface area contributed by atoms with Crippen molar-refractivity contribution in [2.45, 2.75) is 18.1 Å². The minimum atomic E-state index is -0.178. The number of amides is 1. The highest BCUT2D eigenvalue weighted by molar-refractivity contribution is 7.99. The molecule has 3 aromatic rings. The molecule has 0 aliphatic rings. The summed E-state index contributed by atoms with van der Waals surface area (Å²) in [5, 5.41) is 15.0. The molecular formula is C15H15N5O2S. The molecule has 0 saturated heterocycles. The van der Waals surface area contributed by atoms with Crippen LogP contribution < -0.4 is 5.32 Å². The molecule has 1 aromatic carbocycles. The maximum absolute atomic E-state index is 12.0. The van der Waals surface area contributed by atoms with Gasteiger partial charge in [0.15, 0.2) is 0 Å². The molecule has 7 nitrogen and oxygen atoms in total. The molecule has 23 heavy (non-hydrogen) atoms. The van der Waals surface area contributed by atoms with Crippen LogP contribution in [0.1, 0.15) is 18.7 Å². The average Bonchev–Trinajstić information content (AvgIpc) is 3.25. The van der Waals surface area contributed by atoms with E-state index in [9.17, 15) is 4.79 Å². The predicted octanol–water partition coefficient (Wildman–Crippen LogP) is 2.22. The fourth-order valence-electron chi connectivity index (χ4n) is 2.02. The Kier molecular flexibility index (Phi) is 4.72. The average molecular weight is 329 g/mol. The van der Waals surface area contributed by atoms with Gasteiger partial charge in [0.1, 0.15) is 5.76 Å². The van der Waals surface area contributed by atoms with Crippen LogP contribution in [0.25, 0.3) is 5.69 Å². The standard InChI is InChI=1S/C15H15N5O2S/c1-11(13-8-5-9-22-13)16-14(21)10-23-15-17-18-19-20(15)12-6-3-2-4-7-12/h2-9,11H,10H2,1H3,(H,16,21)/t11-/m0/s1. The van der Waals surface area contributed by atoms with Crippen molar-refractivity contribution in [3.8, 4) is 5.69 Å². The minimum Gasteiger partial charge on any atom is -0.467 e. The molecular weight excluding hydrogens is 314 g/mol. The lowest BCUT2D eigenvalue weighted by molar-refractivity contribution is -0.119. The first-order valence-electron chi connectivity index (χ1n) is 7.03. The van der Waals surface area contributed by atoms with E-state index in [2.05, 4.69) is 20.8 Å². The lowest BCUT2D eigenvalue weighted by atomic mass is 10.2. The molecule has 0 bridgehead atoms. The molecule has 1 N–H and O–H groups in total. The van der Waals surface area contributed by atoms with E-state index >= 15 is 0 Å². The number of carbonyl (C=O) groups excluding carboxylic acids is 1. The van der Waals surface area contributed by atoms with Gasteiger partial charge in [0, 0.05) is 0 Å². The Balaban J connectivity index is 1.59. The lowest BCUT2D eigenvalue weighted by Crippen LogP contribution is -2.28. The third-order valence-corrected chi connectivity index (χ3v) is 4.04. The summed E-state index contributed by atoms with van der Waals surface area (Å²) in [6.45, 7) is 1.87. The van der Waals surface area contributed by atoms with Crippen LogP contribution in [0.5, 0.6) is 0 Å². The van der Waals surface area contributed by atoms with E-state index in [1.807, 2.05) is 43.3 Å². The van der Waals surface area contributed by atoms with E-state index in [0.717, 1.165) is 11.4 Å². The number of nitrogens with zero attached hydrogens (tertiary/aromatic N) is 4. The summed E-state index contributed by atoms with van der Waals surface area (Å²) >= 11 is 1.28. The topological polar surface area (TPSA) is 85.8 Å². The van der Waals surface area contributed by atoms with Gasteiger partial charge in [-0.3, -0.25) is 4.79 Å². The van der Waals surface area contributed by atoms with Crippen LogP contribution in [0.15, 0.2) is 58.3 Å². The summed E-state index contributed by atoms with van der Waals surface area (Å²) in [5.74, 6) is 0.831. The van der Waals surface area contributed by atoms with Crippen molar-refractivity contribution >= 4 is 17.7 Å². The van der Waals surface area contributed by atoms with Crippen molar-refractivity contribution in [2.24, 2.45) is 0 Å². The SMILES string of the molecule is C[C@H](NC(=O)CSc1nnnn1-c1ccccc1)c1ccco1. The largest absolute Gasteiger partial charge is 0.467 e. The Hall–Kier alpha value is -2.61. The normalized spacial score (nSPS) is 12.0. The third-order valence-electron chi connectivity index (χ3n) is 3.12. The molecule has 1 amide bonds. The lowest BCUT2D eigenvalue weighted by Gasteiger charge is -2.11. The Bertz CT molecular complexity index is 757. The fraction of sp³-hybridized carbons (Fsp3) is 0.200. The molecule has 3 rings (SSSR count). The van der Waals surface area contributed by atoms with E-state index in [1.54, 1.807) is 17.0 Å². The number of hydrogen-bond donors (Lipinski definition) is 1. The van der Waals surface area contributed by atoms with Crippen LogP contribution in [0.3, 0.4) is 0 Å². The van der Waals surface area contributed by atoms with Gasteiger partial charge in [-0.25, -0.2) is 0 Å². The van der Waals surface area contributed by atoms with Crippen LogP contribution >= 0.6 is 11.8 Å². The van der Waals surface area contributed by atoms with Gasteiger partial charge in [-0.1, -0.05) is 30.0 Å². The molecule has 0 unspecified atom stereocenters. The number of rotatable bonds is 6. The number of furan rings is 1. The molecule has 0 radical (unpaired) electrons. The molecule has 0 aliphatic carbocycles. The van der Waals surface area contributed by atoms with Crippen molar-refractivity contribution in [2.75, 3.05) is 5.75 Å². The minimum absolute atomic E-state index is 0.110. The summed E-state index contributed by atoms with van der Waals surface area (Å²) in [6, 6.07) is 13.0. The molecule has 0 spiro atoms. The number of aromatic nitrogens is 4. The van der Waals surface area contributed by atoms with Crippen LogP contribution in [0, 0.1) is 0 Å². The highest BCUT2D eigenvalue weighted by Gasteiger charge is 2.14. The van der Waals surface area contributed by atoms with Gasteiger partial charge in [0.25, 0.3) is 0 Å². The fourth-order valence-corrected chi connectivity index (χ4v) is 2.72. The zero-order valence-corrected chi connectivity index (χ0v) is 13.2. The first-order chi connectivity index (χ1) is 11.2. The van der Waals surface area contributed by atoms with Crippen molar-refractivity contribution < 1.29 is 9.21 Å². The van der Waals surface area contributed by atoms with Gasteiger partial charge < -0.3 is 9.73 Å².